The Labute approximate surface area is 160 Å². The maximum absolute atomic E-state index is 12.2. The van der Waals surface area contributed by atoms with E-state index < -0.39 is 0 Å². The van der Waals surface area contributed by atoms with Gasteiger partial charge in [-0.15, -0.1) is 5.10 Å². The molecule has 0 aliphatic heterocycles. The third-order valence-electron chi connectivity index (χ3n) is 4.20. The van der Waals surface area contributed by atoms with E-state index in [0.717, 1.165) is 30.6 Å². The van der Waals surface area contributed by atoms with Crippen LogP contribution in [0, 0.1) is 0 Å². The highest BCUT2D eigenvalue weighted by atomic mass is 32.1. The van der Waals surface area contributed by atoms with Crippen LogP contribution in [0.15, 0.2) is 53.8 Å². The molecule has 0 fully saturated rings. The Morgan fingerprint density at radius 3 is 2.74 bits per heavy atom. The Morgan fingerprint density at radius 2 is 2.00 bits per heavy atom. The lowest BCUT2D eigenvalue weighted by Gasteiger charge is -2.05. The molecule has 1 aromatic carbocycles. The number of rotatable bonds is 7. The van der Waals surface area contributed by atoms with Gasteiger partial charge >= 0.3 is 0 Å². The van der Waals surface area contributed by atoms with Crippen molar-refractivity contribution in [2.45, 2.75) is 32.9 Å². The van der Waals surface area contributed by atoms with E-state index in [-0.39, 0.29) is 5.56 Å². The van der Waals surface area contributed by atoms with Gasteiger partial charge in [-0.25, -0.2) is 9.97 Å². The van der Waals surface area contributed by atoms with Crippen LogP contribution in [0.3, 0.4) is 0 Å². The van der Waals surface area contributed by atoms with E-state index in [1.165, 1.54) is 21.4 Å². The Morgan fingerprint density at radius 1 is 1.19 bits per heavy atom. The summed E-state index contributed by atoms with van der Waals surface area (Å²) in [5.41, 5.74) is 3.06. The molecule has 0 saturated heterocycles. The quantitative estimate of drug-likeness (QED) is 0.533. The SMILES string of the molecule is CCCc1cc(=O)n2nc(NCc3ccc(Cn4ccnc4)cc3)sc2n1. The third-order valence-corrected chi connectivity index (χ3v) is 5.06. The first kappa shape index (κ1) is 17.4. The average molecular weight is 380 g/mol. The summed E-state index contributed by atoms with van der Waals surface area (Å²) in [6.45, 7) is 3.52. The van der Waals surface area contributed by atoms with Crippen LogP contribution in [0.5, 0.6) is 0 Å². The summed E-state index contributed by atoms with van der Waals surface area (Å²) in [5.74, 6) is 0. The summed E-state index contributed by atoms with van der Waals surface area (Å²) >= 11 is 1.40. The molecule has 0 radical (unpaired) electrons. The minimum atomic E-state index is -0.128. The predicted molar refractivity (Wildman–Crippen MR) is 106 cm³/mol. The van der Waals surface area contributed by atoms with Crippen LogP contribution in [-0.2, 0) is 19.5 Å². The standard InChI is InChI=1S/C19H20N6OS/c1-2-3-16-10-17(26)25-19(22-16)27-18(23-25)21-11-14-4-6-15(7-5-14)12-24-9-8-20-13-24/h4-10,13H,2-3,11-12H2,1H3,(H,21,23). The highest BCUT2D eigenvalue weighted by molar-refractivity contribution is 7.20. The molecule has 0 amide bonds. The molecular formula is C19H20N6OS. The van der Waals surface area contributed by atoms with E-state index in [0.29, 0.717) is 16.6 Å². The highest BCUT2D eigenvalue weighted by Crippen LogP contribution is 2.18. The number of nitrogens with zero attached hydrogens (tertiary/aromatic N) is 5. The largest absolute Gasteiger partial charge is 0.356 e. The second-order valence-corrected chi connectivity index (χ2v) is 7.30. The first-order valence-electron chi connectivity index (χ1n) is 8.88. The van der Waals surface area contributed by atoms with Gasteiger partial charge in [0, 0.05) is 37.2 Å². The van der Waals surface area contributed by atoms with Crippen LogP contribution in [-0.4, -0.2) is 24.1 Å². The van der Waals surface area contributed by atoms with E-state index in [1.807, 2.05) is 17.1 Å². The van der Waals surface area contributed by atoms with E-state index in [9.17, 15) is 4.79 Å². The zero-order valence-electron chi connectivity index (χ0n) is 15.0. The second-order valence-electron chi connectivity index (χ2n) is 6.34. The van der Waals surface area contributed by atoms with Crippen LogP contribution < -0.4 is 10.9 Å². The predicted octanol–water partition coefficient (Wildman–Crippen LogP) is 2.96. The summed E-state index contributed by atoms with van der Waals surface area (Å²) in [7, 11) is 0. The van der Waals surface area contributed by atoms with Crippen molar-refractivity contribution in [3.05, 3.63) is 76.2 Å². The van der Waals surface area contributed by atoms with Gasteiger partial charge in [0.2, 0.25) is 10.1 Å². The van der Waals surface area contributed by atoms with Gasteiger partial charge in [-0.1, -0.05) is 48.9 Å². The lowest BCUT2D eigenvalue weighted by atomic mass is 10.1. The van der Waals surface area contributed by atoms with Gasteiger partial charge < -0.3 is 9.88 Å². The number of hydrogen-bond donors (Lipinski definition) is 1. The van der Waals surface area contributed by atoms with Gasteiger partial charge in [0.25, 0.3) is 5.56 Å². The minimum absolute atomic E-state index is 0.128. The zero-order valence-corrected chi connectivity index (χ0v) is 15.8. The molecule has 0 atom stereocenters. The molecule has 0 unspecified atom stereocenters. The van der Waals surface area contributed by atoms with Crippen LogP contribution in [0.2, 0.25) is 0 Å². The number of anilines is 1. The van der Waals surface area contributed by atoms with Gasteiger partial charge in [0.15, 0.2) is 0 Å². The first-order chi connectivity index (χ1) is 13.2. The molecule has 4 aromatic rings. The van der Waals surface area contributed by atoms with Gasteiger partial charge in [0.05, 0.1) is 6.33 Å². The minimum Gasteiger partial charge on any atom is -0.356 e. The fourth-order valence-electron chi connectivity index (χ4n) is 2.84. The van der Waals surface area contributed by atoms with Crippen molar-refractivity contribution in [2.24, 2.45) is 0 Å². The van der Waals surface area contributed by atoms with E-state index in [4.69, 9.17) is 0 Å². The normalized spacial score (nSPS) is 11.1. The molecule has 0 aliphatic rings. The molecule has 7 nitrogen and oxygen atoms in total. The number of fused-ring (bicyclic) bond motifs is 1. The lowest BCUT2D eigenvalue weighted by molar-refractivity contribution is 0.797. The van der Waals surface area contributed by atoms with Crippen molar-refractivity contribution < 1.29 is 0 Å². The number of imidazole rings is 1. The molecule has 1 N–H and O–H groups in total. The maximum Gasteiger partial charge on any atom is 0.275 e. The van der Waals surface area contributed by atoms with Crippen LogP contribution in [0.4, 0.5) is 5.13 Å². The molecule has 3 aromatic heterocycles. The maximum atomic E-state index is 12.2. The van der Waals surface area contributed by atoms with Gasteiger partial charge in [-0.05, 0) is 17.5 Å². The Balaban J connectivity index is 1.43. The number of benzene rings is 1. The lowest BCUT2D eigenvalue weighted by Crippen LogP contribution is -2.15. The van der Waals surface area contributed by atoms with Crippen molar-refractivity contribution in [2.75, 3.05) is 5.32 Å². The fraction of sp³-hybridized carbons (Fsp3) is 0.263. The van der Waals surface area contributed by atoms with Gasteiger partial charge in [0.1, 0.15) is 0 Å². The first-order valence-corrected chi connectivity index (χ1v) is 9.70. The third kappa shape index (κ3) is 4.06. The zero-order chi connectivity index (χ0) is 18.6. The van der Waals surface area contributed by atoms with Crippen LogP contribution in [0.1, 0.15) is 30.2 Å². The monoisotopic (exact) mass is 380 g/mol. The van der Waals surface area contributed by atoms with Crippen LogP contribution in [0.25, 0.3) is 4.96 Å². The molecule has 27 heavy (non-hydrogen) atoms. The smallest absolute Gasteiger partial charge is 0.275 e. The van der Waals surface area contributed by atoms with Gasteiger partial charge in [-0.3, -0.25) is 4.79 Å². The topological polar surface area (TPSA) is 77.1 Å². The number of hydrogen-bond acceptors (Lipinski definition) is 6. The summed E-state index contributed by atoms with van der Waals surface area (Å²) in [6, 6.07) is 9.97. The molecule has 3 heterocycles. The molecular weight excluding hydrogens is 360 g/mol. The number of nitrogens with one attached hydrogen (secondary N) is 1. The van der Waals surface area contributed by atoms with Crippen molar-refractivity contribution in [3.63, 3.8) is 0 Å². The Bertz CT molecular complexity index is 1080. The molecule has 0 saturated carbocycles. The molecule has 8 heteroatoms. The molecule has 0 bridgehead atoms. The Kier molecular flexibility index (Phi) is 4.97. The van der Waals surface area contributed by atoms with Crippen molar-refractivity contribution in [1.29, 1.82) is 0 Å². The number of aromatic nitrogens is 5. The summed E-state index contributed by atoms with van der Waals surface area (Å²) in [4.78, 5) is 21.4. The van der Waals surface area contributed by atoms with Crippen LogP contribution >= 0.6 is 11.3 Å². The summed E-state index contributed by atoms with van der Waals surface area (Å²) in [5, 5.41) is 8.31. The van der Waals surface area contributed by atoms with E-state index in [2.05, 4.69) is 51.6 Å². The van der Waals surface area contributed by atoms with E-state index in [1.54, 1.807) is 12.3 Å². The molecule has 0 spiro atoms. The molecule has 4 rings (SSSR count). The summed E-state index contributed by atoms with van der Waals surface area (Å²) in [6.07, 6.45) is 7.30. The molecule has 138 valence electrons. The molecule has 0 aliphatic carbocycles. The van der Waals surface area contributed by atoms with Crippen molar-refractivity contribution in [1.82, 2.24) is 24.1 Å². The van der Waals surface area contributed by atoms with Gasteiger partial charge in [-0.2, -0.15) is 4.52 Å². The Hall–Kier alpha value is -3.00. The van der Waals surface area contributed by atoms with Crippen molar-refractivity contribution in [3.8, 4) is 0 Å². The highest BCUT2D eigenvalue weighted by Gasteiger charge is 2.08. The second kappa shape index (κ2) is 7.71. The van der Waals surface area contributed by atoms with E-state index >= 15 is 0 Å². The van der Waals surface area contributed by atoms with Crippen molar-refractivity contribution >= 4 is 21.4 Å². The average Bonchev–Trinajstić information content (AvgIpc) is 3.31. The summed E-state index contributed by atoms with van der Waals surface area (Å²) < 4.78 is 3.40. The number of aryl methyl sites for hydroxylation is 1. The fourth-order valence-corrected chi connectivity index (χ4v) is 3.66.